The summed E-state index contributed by atoms with van der Waals surface area (Å²) >= 11 is 0. The van der Waals surface area contributed by atoms with Gasteiger partial charge in [-0.2, -0.15) is 0 Å². The second kappa shape index (κ2) is 6.11. The first kappa shape index (κ1) is 14.9. The van der Waals surface area contributed by atoms with Crippen LogP contribution in [0, 0.1) is 0 Å². The maximum Gasteiger partial charge on any atom is 0.254 e. The third-order valence-corrected chi connectivity index (χ3v) is 4.71. The van der Waals surface area contributed by atoms with Crippen LogP contribution in [0.4, 0.5) is 0 Å². The number of carbonyl (C=O) groups is 1. The number of hydrogen-bond donors (Lipinski definition) is 0. The smallest absolute Gasteiger partial charge is 0.254 e. The predicted molar refractivity (Wildman–Crippen MR) is 93.8 cm³/mol. The molecule has 3 aromatic rings. The standard InChI is InChI=1S/C20H20N2O2/c1-14-7-4-5-12-22(14)20(23)16-9-6-8-15(13-16)19-21-17-10-2-3-11-18(17)24-19/h2-3,6,8-11,13-14H,4-5,7,12H2,1H3/t14-/m0/s1. The van der Waals surface area contributed by atoms with Gasteiger partial charge in [-0.25, -0.2) is 4.98 Å². The van der Waals surface area contributed by atoms with Gasteiger partial charge in [0.1, 0.15) is 5.52 Å². The zero-order chi connectivity index (χ0) is 16.5. The minimum absolute atomic E-state index is 0.0974. The average Bonchev–Trinajstić information content (AvgIpc) is 3.06. The molecular formula is C20H20N2O2. The summed E-state index contributed by atoms with van der Waals surface area (Å²) in [5.74, 6) is 0.651. The maximum absolute atomic E-state index is 12.8. The molecule has 24 heavy (non-hydrogen) atoms. The van der Waals surface area contributed by atoms with Crippen LogP contribution >= 0.6 is 0 Å². The molecule has 1 atom stereocenters. The Morgan fingerprint density at radius 2 is 2.04 bits per heavy atom. The van der Waals surface area contributed by atoms with Crippen molar-refractivity contribution in [3.8, 4) is 11.5 Å². The molecule has 1 aromatic heterocycles. The largest absolute Gasteiger partial charge is 0.436 e. The first-order chi connectivity index (χ1) is 11.7. The highest BCUT2D eigenvalue weighted by atomic mass is 16.3. The van der Waals surface area contributed by atoms with Crippen molar-refractivity contribution in [1.29, 1.82) is 0 Å². The number of oxazole rings is 1. The third kappa shape index (κ3) is 2.68. The number of amides is 1. The summed E-state index contributed by atoms with van der Waals surface area (Å²) in [6, 6.07) is 15.6. The van der Waals surface area contributed by atoms with E-state index in [2.05, 4.69) is 11.9 Å². The molecule has 122 valence electrons. The molecule has 0 N–H and O–H groups in total. The van der Waals surface area contributed by atoms with E-state index in [1.807, 2.05) is 53.4 Å². The first-order valence-corrected chi connectivity index (χ1v) is 8.49. The van der Waals surface area contributed by atoms with Crippen LogP contribution in [0.5, 0.6) is 0 Å². The second-order valence-electron chi connectivity index (χ2n) is 6.41. The fourth-order valence-corrected chi connectivity index (χ4v) is 3.35. The van der Waals surface area contributed by atoms with Crippen LogP contribution in [-0.2, 0) is 0 Å². The van der Waals surface area contributed by atoms with E-state index in [0.717, 1.165) is 36.0 Å². The van der Waals surface area contributed by atoms with E-state index in [0.29, 0.717) is 17.5 Å². The van der Waals surface area contributed by atoms with Crippen LogP contribution in [-0.4, -0.2) is 28.4 Å². The van der Waals surface area contributed by atoms with E-state index in [-0.39, 0.29) is 5.91 Å². The van der Waals surface area contributed by atoms with Crippen molar-refractivity contribution in [1.82, 2.24) is 9.88 Å². The molecule has 0 spiro atoms. The monoisotopic (exact) mass is 320 g/mol. The number of likely N-dealkylation sites (tertiary alicyclic amines) is 1. The number of fused-ring (bicyclic) bond motifs is 1. The summed E-state index contributed by atoms with van der Waals surface area (Å²) in [5.41, 5.74) is 3.12. The lowest BCUT2D eigenvalue weighted by Gasteiger charge is -2.33. The molecular weight excluding hydrogens is 300 g/mol. The Labute approximate surface area is 141 Å². The first-order valence-electron chi connectivity index (χ1n) is 8.49. The van der Waals surface area contributed by atoms with Crippen molar-refractivity contribution in [3.05, 3.63) is 54.1 Å². The van der Waals surface area contributed by atoms with Gasteiger partial charge in [0.05, 0.1) is 0 Å². The third-order valence-electron chi connectivity index (χ3n) is 4.71. The number of rotatable bonds is 2. The fourth-order valence-electron chi connectivity index (χ4n) is 3.35. The number of carbonyl (C=O) groups excluding carboxylic acids is 1. The van der Waals surface area contributed by atoms with Crippen molar-refractivity contribution in [2.24, 2.45) is 0 Å². The fraction of sp³-hybridized carbons (Fsp3) is 0.300. The molecule has 0 aliphatic carbocycles. The summed E-state index contributed by atoms with van der Waals surface area (Å²) in [7, 11) is 0. The molecule has 0 saturated carbocycles. The second-order valence-corrected chi connectivity index (χ2v) is 6.41. The normalized spacial score (nSPS) is 18.0. The predicted octanol–water partition coefficient (Wildman–Crippen LogP) is 4.51. The van der Waals surface area contributed by atoms with Gasteiger partial charge >= 0.3 is 0 Å². The van der Waals surface area contributed by atoms with Crippen LogP contribution in [0.3, 0.4) is 0 Å². The molecule has 0 unspecified atom stereocenters. The molecule has 1 fully saturated rings. The Kier molecular flexibility index (Phi) is 3.81. The van der Waals surface area contributed by atoms with E-state index < -0.39 is 0 Å². The molecule has 1 aliphatic rings. The Balaban J connectivity index is 1.67. The van der Waals surface area contributed by atoms with Crippen LogP contribution < -0.4 is 0 Å². The molecule has 4 nitrogen and oxygen atoms in total. The summed E-state index contributed by atoms with van der Waals surface area (Å²) < 4.78 is 5.82. The van der Waals surface area contributed by atoms with E-state index in [1.165, 1.54) is 6.42 Å². The average molecular weight is 320 g/mol. The van der Waals surface area contributed by atoms with E-state index in [9.17, 15) is 4.79 Å². The number of piperidine rings is 1. The highest BCUT2D eigenvalue weighted by Gasteiger charge is 2.24. The van der Waals surface area contributed by atoms with E-state index >= 15 is 0 Å². The summed E-state index contributed by atoms with van der Waals surface area (Å²) in [5, 5.41) is 0. The van der Waals surface area contributed by atoms with Crippen molar-refractivity contribution < 1.29 is 9.21 Å². The van der Waals surface area contributed by atoms with Gasteiger partial charge in [-0.15, -0.1) is 0 Å². The van der Waals surface area contributed by atoms with Gasteiger partial charge in [0.2, 0.25) is 5.89 Å². The molecule has 0 bridgehead atoms. The highest BCUT2D eigenvalue weighted by Crippen LogP contribution is 2.26. The lowest BCUT2D eigenvalue weighted by Crippen LogP contribution is -2.42. The van der Waals surface area contributed by atoms with Gasteiger partial charge < -0.3 is 9.32 Å². The summed E-state index contributed by atoms with van der Waals surface area (Å²) in [6.45, 7) is 2.97. The molecule has 2 aromatic carbocycles. The molecule has 1 saturated heterocycles. The Morgan fingerprint density at radius 3 is 2.88 bits per heavy atom. The quantitative estimate of drug-likeness (QED) is 0.698. The number of aromatic nitrogens is 1. The lowest BCUT2D eigenvalue weighted by atomic mass is 10.0. The van der Waals surface area contributed by atoms with Gasteiger partial charge in [-0.1, -0.05) is 18.2 Å². The molecule has 4 heteroatoms. The minimum Gasteiger partial charge on any atom is -0.436 e. The Bertz CT molecular complexity index is 851. The zero-order valence-corrected chi connectivity index (χ0v) is 13.7. The molecule has 2 heterocycles. The molecule has 0 radical (unpaired) electrons. The molecule has 4 rings (SSSR count). The SMILES string of the molecule is C[C@H]1CCCCN1C(=O)c1cccc(-c2nc3ccccc3o2)c1. The molecule has 1 amide bonds. The maximum atomic E-state index is 12.8. The van der Waals surface area contributed by atoms with Gasteiger partial charge in [0.25, 0.3) is 5.91 Å². The van der Waals surface area contributed by atoms with Crippen molar-refractivity contribution in [3.63, 3.8) is 0 Å². The summed E-state index contributed by atoms with van der Waals surface area (Å²) in [4.78, 5) is 19.3. The van der Waals surface area contributed by atoms with Crippen molar-refractivity contribution >= 4 is 17.0 Å². The Hall–Kier alpha value is -2.62. The number of benzene rings is 2. The highest BCUT2D eigenvalue weighted by molar-refractivity contribution is 5.95. The van der Waals surface area contributed by atoms with Gasteiger partial charge in [-0.05, 0) is 56.5 Å². The van der Waals surface area contributed by atoms with Crippen LogP contribution in [0.25, 0.3) is 22.6 Å². The van der Waals surface area contributed by atoms with Crippen molar-refractivity contribution in [2.45, 2.75) is 32.2 Å². The number of hydrogen-bond acceptors (Lipinski definition) is 3. The number of para-hydroxylation sites is 2. The minimum atomic E-state index is 0.0974. The topological polar surface area (TPSA) is 46.3 Å². The number of nitrogens with zero attached hydrogens (tertiary/aromatic N) is 2. The van der Waals surface area contributed by atoms with Crippen molar-refractivity contribution in [2.75, 3.05) is 6.54 Å². The zero-order valence-electron chi connectivity index (χ0n) is 13.7. The van der Waals surface area contributed by atoms with Gasteiger partial charge in [-0.3, -0.25) is 4.79 Å². The van der Waals surface area contributed by atoms with Gasteiger partial charge in [0, 0.05) is 23.7 Å². The van der Waals surface area contributed by atoms with E-state index in [1.54, 1.807) is 0 Å². The summed E-state index contributed by atoms with van der Waals surface area (Å²) in [6.07, 6.45) is 3.37. The Morgan fingerprint density at radius 1 is 1.17 bits per heavy atom. The van der Waals surface area contributed by atoms with E-state index in [4.69, 9.17) is 4.42 Å². The molecule has 1 aliphatic heterocycles. The van der Waals surface area contributed by atoms with Gasteiger partial charge in [0.15, 0.2) is 5.58 Å². The van der Waals surface area contributed by atoms with Crippen LogP contribution in [0.15, 0.2) is 52.9 Å². The lowest BCUT2D eigenvalue weighted by molar-refractivity contribution is 0.0635. The van der Waals surface area contributed by atoms with Crippen LogP contribution in [0.1, 0.15) is 36.5 Å². The van der Waals surface area contributed by atoms with Crippen LogP contribution in [0.2, 0.25) is 0 Å².